The van der Waals surface area contributed by atoms with E-state index < -0.39 is 10.0 Å². The summed E-state index contributed by atoms with van der Waals surface area (Å²) < 4.78 is 37.5. The summed E-state index contributed by atoms with van der Waals surface area (Å²) >= 11 is 0. The van der Waals surface area contributed by atoms with Gasteiger partial charge in [0.15, 0.2) is 11.5 Å². The highest BCUT2D eigenvalue weighted by Gasteiger charge is 2.32. The minimum atomic E-state index is -3.63. The van der Waals surface area contributed by atoms with Gasteiger partial charge < -0.3 is 14.8 Å². The van der Waals surface area contributed by atoms with Crippen LogP contribution < -0.4 is 14.8 Å². The first-order valence-corrected chi connectivity index (χ1v) is 10.3. The van der Waals surface area contributed by atoms with Crippen LogP contribution in [0.15, 0.2) is 23.1 Å². The molecule has 0 spiro atoms. The largest absolute Gasteiger partial charge is 0.493 e. The smallest absolute Gasteiger partial charge is 0.243 e. The van der Waals surface area contributed by atoms with Crippen molar-refractivity contribution in [3.05, 3.63) is 18.2 Å². The van der Waals surface area contributed by atoms with Gasteiger partial charge >= 0.3 is 0 Å². The SMILES string of the molecule is CC[C@H](C)NC(=O)C1CCN(S(=O)(=O)c2ccc(OC)c(OC)c2)CC1. The van der Waals surface area contributed by atoms with Crippen LogP contribution in [-0.2, 0) is 14.8 Å². The summed E-state index contributed by atoms with van der Waals surface area (Å²) in [6, 6.07) is 4.70. The van der Waals surface area contributed by atoms with Crippen LogP contribution in [0.3, 0.4) is 0 Å². The molecule has 1 aromatic carbocycles. The van der Waals surface area contributed by atoms with Gasteiger partial charge in [-0.1, -0.05) is 6.92 Å². The molecule has 0 aromatic heterocycles. The first kappa shape index (κ1) is 20.5. The number of nitrogens with one attached hydrogen (secondary N) is 1. The lowest BCUT2D eigenvalue weighted by Gasteiger charge is -2.31. The van der Waals surface area contributed by atoms with Crippen LogP contribution in [0.1, 0.15) is 33.1 Å². The van der Waals surface area contributed by atoms with Gasteiger partial charge in [0.1, 0.15) is 0 Å². The second-order valence-electron chi connectivity index (χ2n) is 6.51. The maximum atomic E-state index is 12.9. The predicted molar refractivity (Wildman–Crippen MR) is 98.9 cm³/mol. The van der Waals surface area contributed by atoms with Crippen LogP contribution >= 0.6 is 0 Å². The summed E-state index contributed by atoms with van der Waals surface area (Å²) in [5.41, 5.74) is 0. The highest BCUT2D eigenvalue weighted by molar-refractivity contribution is 7.89. The molecule has 0 unspecified atom stereocenters. The summed E-state index contributed by atoms with van der Waals surface area (Å²) in [6.07, 6.45) is 1.92. The van der Waals surface area contributed by atoms with Crippen molar-refractivity contribution in [2.75, 3.05) is 27.3 Å². The Morgan fingerprint density at radius 2 is 1.85 bits per heavy atom. The molecule has 146 valence electrons. The Morgan fingerprint density at radius 1 is 1.23 bits per heavy atom. The van der Waals surface area contributed by atoms with E-state index >= 15 is 0 Å². The van der Waals surface area contributed by atoms with Crippen LogP contribution in [0.5, 0.6) is 11.5 Å². The van der Waals surface area contributed by atoms with Crippen molar-refractivity contribution in [3.8, 4) is 11.5 Å². The predicted octanol–water partition coefficient (Wildman–Crippen LogP) is 2.02. The normalized spacial score (nSPS) is 17.5. The topological polar surface area (TPSA) is 84.9 Å². The average Bonchev–Trinajstić information content (AvgIpc) is 2.67. The highest BCUT2D eigenvalue weighted by atomic mass is 32.2. The molecule has 1 N–H and O–H groups in total. The highest BCUT2D eigenvalue weighted by Crippen LogP contribution is 2.32. The summed E-state index contributed by atoms with van der Waals surface area (Å²) in [7, 11) is -0.661. The quantitative estimate of drug-likeness (QED) is 0.777. The lowest BCUT2D eigenvalue weighted by atomic mass is 9.97. The van der Waals surface area contributed by atoms with E-state index in [9.17, 15) is 13.2 Å². The molecule has 1 saturated heterocycles. The summed E-state index contributed by atoms with van der Waals surface area (Å²) in [6.45, 7) is 4.64. The zero-order chi connectivity index (χ0) is 19.3. The van der Waals surface area contributed by atoms with Crippen LogP contribution in [0.2, 0.25) is 0 Å². The lowest BCUT2D eigenvalue weighted by Crippen LogP contribution is -2.44. The standard InChI is InChI=1S/C18H28N2O5S/c1-5-13(2)19-18(21)14-8-10-20(11-9-14)26(22,23)15-6-7-16(24-3)17(12-15)25-4/h6-7,12-14H,5,8-11H2,1-4H3,(H,19,21)/t13-/m0/s1. The maximum absolute atomic E-state index is 12.9. The third-order valence-corrected chi connectivity index (χ3v) is 6.71. The van der Waals surface area contributed by atoms with Gasteiger partial charge in [-0.05, 0) is 38.3 Å². The molecule has 0 bridgehead atoms. The van der Waals surface area contributed by atoms with Gasteiger partial charge in [-0.2, -0.15) is 4.31 Å². The summed E-state index contributed by atoms with van der Waals surface area (Å²) in [5.74, 6) is 0.728. The number of ether oxygens (including phenoxy) is 2. The summed E-state index contributed by atoms with van der Waals surface area (Å²) in [5, 5.41) is 2.97. The fourth-order valence-corrected chi connectivity index (χ4v) is 4.43. The second-order valence-corrected chi connectivity index (χ2v) is 8.45. The molecule has 1 atom stereocenters. The molecular weight excluding hydrogens is 356 g/mol. The van der Waals surface area contributed by atoms with Crippen molar-refractivity contribution in [2.45, 2.75) is 44.0 Å². The molecule has 0 radical (unpaired) electrons. The van der Waals surface area contributed by atoms with Crippen molar-refractivity contribution in [2.24, 2.45) is 5.92 Å². The number of sulfonamides is 1. The number of nitrogens with zero attached hydrogens (tertiary/aromatic N) is 1. The Hall–Kier alpha value is -1.80. The molecule has 1 aliphatic rings. The van der Waals surface area contributed by atoms with E-state index in [4.69, 9.17) is 9.47 Å². The fraction of sp³-hybridized carbons (Fsp3) is 0.611. The molecule has 8 heteroatoms. The molecule has 2 rings (SSSR count). The van der Waals surface area contributed by atoms with Crippen LogP contribution in [0.25, 0.3) is 0 Å². The third kappa shape index (κ3) is 4.48. The number of carbonyl (C=O) groups excluding carboxylic acids is 1. The zero-order valence-corrected chi connectivity index (χ0v) is 16.6. The Morgan fingerprint density at radius 3 is 2.38 bits per heavy atom. The second kappa shape index (κ2) is 8.73. The van der Waals surface area contributed by atoms with E-state index in [1.165, 1.54) is 30.7 Å². The van der Waals surface area contributed by atoms with Gasteiger partial charge in [0.2, 0.25) is 15.9 Å². The van der Waals surface area contributed by atoms with Crippen molar-refractivity contribution in [1.82, 2.24) is 9.62 Å². The van der Waals surface area contributed by atoms with Gasteiger partial charge in [0, 0.05) is 31.1 Å². The first-order chi connectivity index (χ1) is 12.3. The van der Waals surface area contributed by atoms with Crippen molar-refractivity contribution >= 4 is 15.9 Å². The minimum Gasteiger partial charge on any atom is -0.493 e. The number of methoxy groups -OCH3 is 2. The van der Waals surface area contributed by atoms with Gasteiger partial charge in [0.25, 0.3) is 0 Å². The van der Waals surface area contributed by atoms with Crippen molar-refractivity contribution < 1.29 is 22.7 Å². The van der Waals surface area contributed by atoms with Crippen molar-refractivity contribution in [3.63, 3.8) is 0 Å². The number of hydrogen-bond acceptors (Lipinski definition) is 5. The van der Waals surface area contributed by atoms with Crippen LogP contribution in [0.4, 0.5) is 0 Å². The number of benzene rings is 1. The van der Waals surface area contributed by atoms with Gasteiger partial charge in [-0.25, -0.2) is 8.42 Å². The van der Waals surface area contributed by atoms with E-state index in [1.54, 1.807) is 6.07 Å². The van der Waals surface area contributed by atoms with E-state index in [2.05, 4.69) is 5.32 Å². The Balaban J connectivity index is 2.07. The zero-order valence-electron chi connectivity index (χ0n) is 15.8. The molecule has 1 heterocycles. The Kier molecular flexibility index (Phi) is 6.88. The van der Waals surface area contributed by atoms with Gasteiger partial charge in [-0.15, -0.1) is 0 Å². The lowest BCUT2D eigenvalue weighted by molar-refractivity contribution is -0.126. The Bertz CT molecular complexity index is 727. The molecule has 0 saturated carbocycles. The average molecular weight is 384 g/mol. The van der Waals surface area contributed by atoms with E-state index in [0.717, 1.165) is 6.42 Å². The molecule has 26 heavy (non-hydrogen) atoms. The molecule has 7 nitrogen and oxygen atoms in total. The number of amides is 1. The molecule has 1 fully saturated rings. The van der Waals surface area contributed by atoms with Crippen molar-refractivity contribution in [1.29, 1.82) is 0 Å². The number of hydrogen-bond donors (Lipinski definition) is 1. The van der Waals surface area contributed by atoms with Gasteiger partial charge in [0.05, 0.1) is 19.1 Å². The van der Waals surface area contributed by atoms with Gasteiger partial charge in [-0.3, -0.25) is 4.79 Å². The number of carbonyl (C=O) groups is 1. The van der Waals surface area contributed by atoms with Crippen LogP contribution in [-0.4, -0.2) is 52.0 Å². The molecule has 0 aliphatic carbocycles. The molecular formula is C18H28N2O5S. The molecule has 1 aromatic rings. The van der Waals surface area contributed by atoms with E-state index in [0.29, 0.717) is 37.4 Å². The van der Waals surface area contributed by atoms with E-state index in [-0.39, 0.29) is 22.8 Å². The number of piperidine rings is 1. The van der Waals surface area contributed by atoms with Crippen LogP contribution in [0, 0.1) is 5.92 Å². The monoisotopic (exact) mass is 384 g/mol. The third-order valence-electron chi connectivity index (χ3n) is 4.82. The fourth-order valence-electron chi connectivity index (χ4n) is 2.95. The van der Waals surface area contributed by atoms with E-state index in [1.807, 2.05) is 13.8 Å². The maximum Gasteiger partial charge on any atom is 0.243 e. The summed E-state index contributed by atoms with van der Waals surface area (Å²) in [4.78, 5) is 12.4. The minimum absolute atomic E-state index is 0.0162. The molecule has 1 aliphatic heterocycles. The first-order valence-electron chi connectivity index (χ1n) is 8.86. The molecule has 1 amide bonds. The number of rotatable bonds is 7. The Labute approximate surface area is 155 Å².